The van der Waals surface area contributed by atoms with Gasteiger partial charge in [0.15, 0.2) is 0 Å². The summed E-state index contributed by atoms with van der Waals surface area (Å²) in [5.41, 5.74) is 0. The van der Waals surface area contributed by atoms with Crippen LogP contribution in [0, 0.1) is 11.8 Å². The van der Waals surface area contributed by atoms with Gasteiger partial charge in [0.1, 0.15) is 0 Å². The van der Waals surface area contributed by atoms with Crippen LogP contribution in [-0.4, -0.2) is 43.8 Å². The molecule has 0 radical (unpaired) electrons. The lowest BCUT2D eigenvalue weighted by atomic mass is 10.2. The number of carbonyl (C=O) groups excluding carboxylic acids is 1. The monoisotopic (exact) mass is 228 g/mol. The molecule has 2 atom stereocenters. The van der Waals surface area contributed by atoms with Crippen LogP contribution in [0.2, 0.25) is 0 Å². The summed E-state index contributed by atoms with van der Waals surface area (Å²) < 4.78 is 4.91. The zero-order chi connectivity index (χ0) is 12.1. The van der Waals surface area contributed by atoms with Crippen molar-refractivity contribution in [1.29, 1.82) is 0 Å². The molecule has 4 heteroatoms. The number of hydrogen-bond acceptors (Lipinski definition) is 2. The van der Waals surface area contributed by atoms with Crippen molar-refractivity contribution in [1.82, 2.24) is 10.2 Å². The van der Waals surface area contributed by atoms with Gasteiger partial charge in [0.05, 0.1) is 6.61 Å². The third kappa shape index (κ3) is 4.00. The van der Waals surface area contributed by atoms with Crippen LogP contribution in [0.3, 0.4) is 0 Å². The van der Waals surface area contributed by atoms with Crippen LogP contribution in [0.1, 0.15) is 27.2 Å². The largest absolute Gasteiger partial charge is 0.383 e. The molecule has 0 heterocycles. The van der Waals surface area contributed by atoms with E-state index in [2.05, 4.69) is 26.1 Å². The van der Waals surface area contributed by atoms with E-state index in [1.54, 1.807) is 7.11 Å². The molecule has 1 N–H and O–H groups in total. The second-order valence-electron chi connectivity index (χ2n) is 4.94. The van der Waals surface area contributed by atoms with Crippen molar-refractivity contribution in [2.24, 2.45) is 11.8 Å². The van der Waals surface area contributed by atoms with Crippen LogP contribution in [-0.2, 0) is 4.74 Å². The Morgan fingerprint density at radius 1 is 1.56 bits per heavy atom. The first-order valence-electron chi connectivity index (χ1n) is 6.09. The molecule has 0 saturated heterocycles. The van der Waals surface area contributed by atoms with Gasteiger partial charge in [0.2, 0.25) is 0 Å². The average Bonchev–Trinajstić information content (AvgIpc) is 2.90. The molecule has 0 spiro atoms. The zero-order valence-electron chi connectivity index (χ0n) is 10.8. The summed E-state index contributed by atoms with van der Waals surface area (Å²) in [6, 6.07) is 0.293. The molecule has 2 amide bonds. The fourth-order valence-electron chi connectivity index (χ4n) is 1.80. The van der Waals surface area contributed by atoms with Gasteiger partial charge >= 0.3 is 6.03 Å². The predicted molar refractivity (Wildman–Crippen MR) is 64.4 cm³/mol. The maximum absolute atomic E-state index is 11.9. The molecular formula is C12H24N2O2. The van der Waals surface area contributed by atoms with Gasteiger partial charge in [-0.3, -0.25) is 0 Å². The van der Waals surface area contributed by atoms with Gasteiger partial charge in [-0.05, 0) is 32.1 Å². The summed E-state index contributed by atoms with van der Waals surface area (Å²) >= 11 is 0. The summed E-state index contributed by atoms with van der Waals surface area (Å²) in [5.74, 6) is 1.49. The van der Waals surface area contributed by atoms with E-state index in [-0.39, 0.29) is 12.1 Å². The van der Waals surface area contributed by atoms with Crippen LogP contribution in [0.25, 0.3) is 0 Å². The van der Waals surface area contributed by atoms with Crippen molar-refractivity contribution < 1.29 is 9.53 Å². The second-order valence-corrected chi connectivity index (χ2v) is 4.94. The van der Waals surface area contributed by atoms with Crippen molar-refractivity contribution >= 4 is 6.03 Å². The molecule has 1 saturated carbocycles. The third-order valence-electron chi connectivity index (χ3n) is 3.17. The van der Waals surface area contributed by atoms with Crippen LogP contribution in [0.15, 0.2) is 0 Å². The molecule has 0 aromatic carbocycles. The number of hydrogen-bond donors (Lipinski definition) is 1. The predicted octanol–water partition coefficient (Wildman–Crippen LogP) is 1.71. The van der Waals surface area contributed by atoms with E-state index in [1.807, 2.05) is 4.90 Å². The van der Waals surface area contributed by atoms with Crippen molar-refractivity contribution in [2.75, 3.05) is 26.8 Å². The Morgan fingerprint density at radius 3 is 2.62 bits per heavy atom. The number of ether oxygens (including phenoxy) is 1. The smallest absolute Gasteiger partial charge is 0.317 e. The lowest BCUT2D eigenvalue weighted by molar-refractivity contribution is 0.167. The highest BCUT2D eigenvalue weighted by Gasteiger charge is 2.35. The first kappa shape index (κ1) is 13.3. The van der Waals surface area contributed by atoms with E-state index in [4.69, 9.17) is 4.74 Å². The van der Waals surface area contributed by atoms with Crippen LogP contribution < -0.4 is 5.32 Å². The Bertz CT molecular complexity index is 231. The van der Waals surface area contributed by atoms with Gasteiger partial charge in [-0.2, -0.15) is 0 Å². The van der Waals surface area contributed by atoms with Crippen molar-refractivity contribution in [3.05, 3.63) is 0 Å². The molecule has 1 aliphatic rings. The second kappa shape index (κ2) is 6.09. The fraction of sp³-hybridized carbons (Fsp3) is 0.917. The first-order valence-corrected chi connectivity index (χ1v) is 6.09. The maximum Gasteiger partial charge on any atom is 0.317 e. The first-order chi connectivity index (χ1) is 7.56. The summed E-state index contributed by atoms with van der Waals surface area (Å²) in [6.45, 7) is 8.39. The van der Waals surface area contributed by atoms with Crippen LogP contribution in [0.5, 0.6) is 0 Å². The Balaban J connectivity index is 2.33. The Hall–Kier alpha value is -0.770. The lowest BCUT2D eigenvalue weighted by Gasteiger charge is -2.27. The highest BCUT2D eigenvalue weighted by Crippen LogP contribution is 2.38. The summed E-state index contributed by atoms with van der Waals surface area (Å²) in [5, 5.41) is 2.87. The average molecular weight is 228 g/mol. The Kier molecular flexibility index (Phi) is 5.06. The molecule has 94 valence electrons. The minimum Gasteiger partial charge on any atom is -0.383 e. The Labute approximate surface area is 98.3 Å². The minimum atomic E-state index is 0.0335. The summed E-state index contributed by atoms with van der Waals surface area (Å²) in [6.07, 6.45) is 1.26. The highest BCUT2D eigenvalue weighted by molar-refractivity contribution is 5.74. The minimum absolute atomic E-state index is 0.0335. The molecule has 0 unspecified atom stereocenters. The zero-order valence-corrected chi connectivity index (χ0v) is 10.8. The molecule has 0 aliphatic heterocycles. The Morgan fingerprint density at radius 2 is 2.19 bits per heavy atom. The summed E-state index contributed by atoms with van der Waals surface area (Å²) in [4.78, 5) is 13.8. The van der Waals surface area contributed by atoms with Crippen molar-refractivity contribution in [3.63, 3.8) is 0 Å². The lowest BCUT2D eigenvalue weighted by Crippen LogP contribution is -2.45. The molecule has 0 bridgehead atoms. The molecular weight excluding hydrogens is 204 g/mol. The summed E-state index contributed by atoms with van der Waals surface area (Å²) in [7, 11) is 1.64. The molecule has 1 fully saturated rings. The number of amides is 2. The van der Waals surface area contributed by atoms with Gasteiger partial charge in [0.25, 0.3) is 0 Å². The van der Waals surface area contributed by atoms with Gasteiger partial charge in [-0.25, -0.2) is 4.79 Å². The maximum atomic E-state index is 11.9. The quantitative estimate of drug-likeness (QED) is 0.703. The SMILES string of the molecule is COCCNC(=O)N(C[C@@H]1C[C@H]1C)C(C)C. The number of rotatable bonds is 6. The standard InChI is InChI=1S/C12H24N2O2/c1-9(2)14(8-11-7-10(11)3)12(15)13-5-6-16-4/h9-11H,5-8H2,1-4H3,(H,13,15)/t10-,11+/m1/s1. The van der Waals surface area contributed by atoms with E-state index in [9.17, 15) is 4.79 Å². The van der Waals surface area contributed by atoms with E-state index in [1.165, 1.54) is 6.42 Å². The highest BCUT2D eigenvalue weighted by atomic mass is 16.5. The molecule has 4 nitrogen and oxygen atoms in total. The topological polar surface area (TPSA) is 41.6 Å². The molecule has 0 aromatic rings. The van der Waals surface area contributed by atoms with Crippen molar-refractivity contribution in [3.8, 4) is 0 Å². The van der Waals surface area contributed by atoms with Gasteiger partial charge < -0.3 is 15.0 Å². The number of nitrogens with one attached hydrogen (secondary N) is 1. The van der Waals surface area contributed by atoms with E-state index in [0.717, 1.165) is 12.5 Å². The molecule has 1 aliphatic carbocycles. The third-order valence-corrected chi connectivity index (χ3v) is 3.17. The number of nitrogens with zero attached hydrogens (tertiary/aromatic N) is 1. The molecule has 0 aromatic heterocycles. The fourth-order valence-corrected chi connectivity index (χ4v) is 1.80. The van der Waals surface area contributed by atoms with Crippen LogP contribution >= 0.6 is 0 Å². The molecule has 16 heavy (non-hydrogen) atoms. The van der Waals surface area contributed by atoms with E-state index < -0.39 is 0 Å². The van der Waals surface area contributed by atoms with Gasteiger partial charge in [0, 0.05) is 26.2 Å². The van der Waals surface area contributed by atoms with Crippen molar-refractivity contribution in [2.45, 2.75) is 33.2 Å². The van der Waals surface area contributed by atoms with E-state index in [0.29, 0.717) is 19.1 Å². The normalized spacial score (nSPS) is 23.3. The van der Waals surface area contributed by atoms with Crippen LogP contribution in [0.4, 0.5) is 4.79 Å². The number of methoxy groups -OCH3 is 1. The number of urea groups is 1. The van der Waals surface area contributed by atoms with E-state index >= 15 is 0 Å². The van der Waals surface area contributed by atoms with Gasteiger partial charge in [-0.1, -0.05) is 6.92 Å². The number of carbonyl (C=O) groups is 1. The van der Waals surface area contributed by atoms with Gasteiger partial charge in [-0.15, -0.1) is 0 Å². The molecule has 1 rings (SSSR count).